The van der Waals surface area contributed by atoms with Gasteiger partial charge in [-0.15, -0.1) is 0 Å². The standard InChI is InChI=1S/C24H23N3OS/c28-24(26-16-14-25(15-17-26)19-8-2-1-3-9-19)18-27-20-10-4-6-12-22(20)29-23-13-7-5-11-21(23)27/h1-13H,14-18H2. The number of fused-ring (bicyclic) bond motifs is 2. The molecule has 0 unspecified atom stereocenters. The van der Waals surface area contributed by atoms with Crippen molar-refractivity contribution < 1.29 is 4.79 Å². The van der Waals surface area contributed by atoms with E-state index in [0.717, 1.165) is 37.6 Å². The fourth-order valence-electron chi connectivity index (χ4n) is 4.04. The number of piperazine rings is 1. The Hall–Kier alpha value is -2.92. The van der Waals surface area contributed by atoms with Crippen molar-refractivity contribution in [1.82, 2.24) is 4.90 Å². The maximum Gasteiger partial charge on any atom is 0.242 e. The first kappa shape index (κ1) is 18.1. The van der Waals surface area contributed by atoms with Crippen molar-refractivity contribution >= 4 is 34.7 Å². The predicted octanol–water partition coefficient (Wildman–Crippen LogP) is 4.64. The number of carbonyl (C=O) groups is 1. The molecular weight excluding hydrogens is 378 g/mol. The molecule has 0 aliphatic carbocycles. The zero-order valence-electron chi connectivity index (χ0n) is 16.2. The highest BCUT2D eigenvalue weighted by Gasteiger charge is 2.28. The van der Waals surface area contributed by atoms with Crippen LogP contribution < -0.4 is 9.80 Å². The lowest BCUT2D eigenvalue weighted by Crippen LogP contribution is -2.51. The van der Waals surface area contributed by atoms with E-state index in [1.165, 1.54) is 15.5 Å². The lowest BCUT2D eigenvalue weighted by molar-refractivity contribution is -0.129. The Morgan fingerprint density at radius 2 is 1.28 bits per heavy atom. The second-order valence-corrected chi connectivity index (χ2v) is 8.41. The minimum atomic E-state index is 0.189. The van der Waals surface area contributed by atoms with Gasteiger partial charge in [-0.3, -0.25) is 4.79 Å². The van der Waals surface area contributed by atoms with E-state index >= 15 is 0 Å². The van der Waals surface area contributed by atoms with E-state index in [1.807, 2.05) is 23.1 Å². The molecule has 2 aliphatic rings. The monoisotopic (exact) mass is 401 g/mol. The summed E-state index contributed by atoms with van der Waals surface area (Å²) in [7, 11) is 0. The third-order valence-electron chi connectivity index (χ3n) is 5.58. The molecule has 0 bridgehead atoms. The average molecular weight is 402 g/mol. The van der Waals surface area contributed by atoms with Crippen molar-refractivity contribution in [3.8, 4) is 0 Å². The van der Waals surface area contributed by atoms with Gasteiger partial charge in [-0.2, -0.15) is 0 Å². The Bertz CT molecular complexity index is 970. The molecule has 29 heavy (non-hydrogen) atoms. The Morgan fingerprint density at radius 1 is 0.724 bits per heavy atom. The Balaban J connectivity index is 1.32. The molecule has 5 heteroatoms. The molecular formula is C24H23N3OS. The van der Waals surface area contributed by atoms with Crippen molar-refractivity contribution in [3.05, 3.63) is 78.9 Å². The number of hydrogen-bond acceptors (Lipinski definition) is 4. The smallest absolute Gasteiger partial charge is 0.242 e. The quantitative estimate of drug-likeness (QED) is 0.639. The summed E-state index contributed by atoms with van der Waals surface area (Å²) in [4.78, 5) is 22.1. The van der Waals surface area contributed by atoms with E-state index in [1.54, 1.807) is 11.8 Å². The predicted molar refractivity (Wildman–Crippen MR) is 119 cm³/mol. The minimum absolute atomic E-state index is 0.189. The number of nitrogens with zero attached hydrogens (tertiary/aromatic N) is 3. The molecule has 2 heterocycles. The van der Waals surface area contributed by atoms with Crippen molar-refractivity contribution in [2.75, 3.05) is 42.5 Å². The van der Waals surface area contributed by atoms with Gasteiger partial charge in [-0.05, 0) is 36.4 Å². The second-order valence-electron chi connectivity index (χ2n) is 7.33. The second kappa shape index (κ2) is 7.84. The van der Waals surface area contributed by atoms with Crippen LogP contribution >= 0.6 is 11.8 Å². The number of para-hydroxylation sites is 3. The highest BCUT2D eigenvalue weighted by atomic mass is 32.2. The molecule has 0 spiro atoms. The lowest BCUT2D eigenvalue weighted by Gasteiger charge is -2.38. The van der Waals surface area contributed by atoms with Crippen molar-refractivity contribution in [2.24, 2.45) is 0 Å². The summed E-state index contributed by atoms with van der Waals surface area (Å²) >= 11 is 1.77. The van der Waals surface area contributed by atoms with Crippen LogP contribution in [-0.2, 0) is 4.79 Å². The Kier molecular flexibility index (Phi) is 4.90. The highest BCUT2D eigenvalue weighted by molar-refractivity contribution is 7.99. The van der Waals surface area contributed by atoms with Gasteiger partial charge in [0.25, 0.3) is 0 Å². The number of carbonyl (C=O) groups excluding carboxylic acids is 1. The first-order valence-corrected chi connectivity index (χ1v) is 10.8. The number of amides is 1. The third kappa shape index (κ3) is 3.58. The van der Waals surface area contributed by atoms with E-state index in [0.29, 0.717) is 6.54 Å². The van der Waals surface area contributed by atoms with Gasteiger partial charge in [-0.1, -0.05) is 54.2 Å². The summed E-state index contributed by atoms with van der Waals surface area (Å²) in [6, 6.07) is 27.1. The first-order valence-electron chi connectivity index (χ1n) is 10.0. The van der Waals surface area contributed by atoms with Gasteiger partial charge in [0.1, 0.15) is 6.54 Å². The Morgan fingerprint density at radius 3 is 1.90 bits per heavy atom. The number of benzene rings is 3. The number of rotatable bonds is 3. The summed E-state index contributed by atoms with van der Waals surface area (Å²) in [5.74, 6) is 0.189. The van der Waals surface area contributed by atoms with Crippen LogP contribution in [0.3, 0.4) is 0 Å². The maximum atomic E-state index is 13.2. The molecule has 146 valence electrons. The molecule has 0 atom stereocenters. The van der Waals surface area contributed by atoms with Crippen LogP contribution in [0.15, 0.2) is 88.7 Å². The van der Waals surface area contributed by atoms with Gasteiger partial charge < -0.3 is 14.7 Å². The van der Waals surface area contributed by atoms with Crippen LogP contribution in [0.5, 0.6) is 0 Å². The van der Waals surface area contributed by atoms with Crippen LogP contribution in [0.2, 0.25) is 0 Å². The fourth-order valence-corrected chi connectivity index (χ4v) is 5.14. The largest absolute Gasteiger partial charge is 0.368 e. The average Bonchev–Trinajstić information content (AvgIpc) is 2.79. The summed E-state index contributed by atoms with van der Waals surface area (Å²) in [6.07, 6.45) is 0. The molecule has 0 N–H and O–H groups in total. The van der Waals surface area contributed by atoms with Gasteiger partial charge in [0.2, 0.25) is 5.91 Å². The molecule has 0 aromatic heterocycles. The van der Waals surface area contributed by atoms with E-state index in [4.69, 9.17) is 0 Å². The fraction of sp³-hybridized carbons (Fsp3) is 0.208. The topological polar surface area (TPSA) is 26.8 Å². The van der Waals surface area contributed by atoms with Crippen LogP contribution in [0.4, 0.5) is 17.1 Å². The lowest BCUT2D eigenvalue weighted by atomic mass is 10.2. The van der Waals surface area contributed by atoms with Crippen molar-refractivity contribution in [1.29, 1.82) is 0 Å². The summed E-state index contributed by atoms with van der Waals surface area (Å²) < 4.78 is 0. The van der Waals surface area contributed by atoms with Crippen molar-refractivity contribution in [2.45, 2.75) is 9.79 Å². The minimum Gasteiger partial charge on any atom is -0.368 e. The molecule has 2 aliphatic heterocycles. The molecule has 1 saturated heterocycles. The summed E-state index contributed by atoms with van der Waals surface area (Å²) in [6.45, 7) is 3.65. The van der Waals surface area contributed by atoms with Gasteiger partial charge in [-0.25, -0.2) is 0 Å². The normalized spacial score (nSPS) is 15.7. The molecule has 3 aromatic carbocycles. The van der Waals surface area contributed by atoms with Crippen LogP contribution in [0.1, 0.15) is 0 Å². The number of hydrogen-bond donors (Lipinski definition) is 0. The van der Waals surface area contributed by atoms with Crippen molar-refractivity contribution in [3.63, 3.8) is 0 Å². The molecule has 4 nitrogen and oxygen atoms in total. The maximum absolute atomic E-state index is 13.2. The molecule has 0 saturated carbocycles. The van der Waals surface area contributed by atoms with Gasteiger partial charge in [0, 0.05) is 41.7 Å². The first-order chi connectivity index (χ1) is 14.3. The SMILES string of the molecule is O=C(CN1c2ccccc2Sc2ccccc21)N1CCN(c2ccccc2)CC1. The van der Waals surface area contributed by atoms with E-state index in [9.17, 15) is 4.79 Å². The summed E-state index contributed by atoms with van der Waals surface area (Å²) in [5, 5.41) is 0. The highest BCUT2D eigenvalue weighted by Crippen LogP contribution is 2.47. The Labute approximate surface area is 175 Å². The van der Waals surface area contributed by atoms with E-state index in [2.05, 4.69) is 70.5 Å². The molecule has 3 aromatic rings. The molecule has 1 amide bonds. The van der Waals surface area contributed by atoms with Gasteiger partial charge in [0.15, 0.2) is 0 Å². The molecule has 5 rings (SSSR count). The molecule has 1 fully saturated rings. The van der Waals surface area contributed by atoms with Crippen LogP contribution in [0.25, 0.3) is 0 Å². The van der Waals surface area contributed by atoms with E-state index in [-0.39, 0.29) is 5.91 Å². The van der Waals surface area contributed by atoms with Gasteiger partial charge >= 0.3 is 0 Å². The molecule has 0 radical (unpaired) electrons. The number of anilines is 3. The summed E-state index contributed by atoms with van der Waals surface area (Å²) in [5.41, 5.74) is 3.47. The van der Waals surface area contributed by atoms with Crippen LogP contribution in [0, 0.1) is 0 Å². The zero-order valence-corrected chi connectivity index (χ0v) is 17.0. The van der Waals surface area contributed by atoms with E-state index < -0.39 is 0 Å². The van der Waals surface area contributed by atoms with Crippen LogP contribution in [-0.4, -0.2) is 43.5 Å². The third-order valence-corrected chi connectivity index (χ3v) is 6.71. The zero-order chi connectivity index (χ0) is 19.6. The van der Waals surface area contributed by atoms with Gasteiger partial charge in [0.05, 0.1) is 11.4 Å².